The molecule has 0 aromatic heterocycles. The molecule has 0 aliphatic carbocycles. The van der Waals surface area contributed by atoms with Gasteiger partial charge in [-0.3, -0.25) is 10.1 Å². The smallest absolute Gasteiger partial charge is 0.321 e. The SMILES string of the molecule is O=C(O)[C@H]1CSC(c2cc(Br)ccc2Cl)N1. The fourth-order valence-corrected chi connectivity index (χ4v) is 3.44. The molecule has 2 rings (SSSR count). The van der Waals surface area contributed by atoms with Gasteiger partial charge in [0.05, 0.1) is 5.37 Å². The van der Waals surface area contributed by atoms with E-state index in [1.807, 2.05) is 12.1 Å². The first kappa shape index (κ1) is 12.2. The maximum atomic E-state index is 10.8. The average Bonchev–Trinajstić information content (AvgIpc) is 2.70. The minimum Gasteiger partial charge on any atom is -0.480 e. The molecule has 86 valence electrons. The molecule has 1 heterocycles. The van der Waals surface area contributed by atoms with Gasteiger partial charge in [0.2, 0.25) is 0 Å². The van der Waals surface area contributed by atoms with Crippen LogP contribution in [0, 0.1) is 0 Å². The van der Waals surface area contributed by atoms with Crippen molar-refractivity contribution in [3.8, 4) is 0 Å². The number of hydrogen-bond acceptors (Lipinski definition) is 3. The maximum Gasteiger partial charge on any atom is 0.321 e. The number of rotatable bonds is 2. The minimum absolute atomic E-state index is 0.0499. The molecule has 0 amide bonds. The maximum absolute atomic E-state index is 10.8. The Balaban J connectivity index is 2.20. The van der Waals surface area contributed by atoms with E-state index in [4.69, 9.17) is 16.7 Å². The number of thioether (sulfide) groups is 1. The van der Waals surface area contributed by atoms with Crippen LogP contribution in [-0.4, -0.2) is 22.9 Å². The number of carboxylic acid groups (broad SMARTS) is 1. The van der Waals surface area contributed by atoms with Crippen molar-refractivity contribution in [2.24, 2.45) is 0 Å². The summed E-state index contributed by atoms with van der Waals surface area (Å²) in [6.45, 7) is 0. The van der Waals surface area contributed by atoms with Crippen LogP contribution in [0.25, 0.3) is 0 Å². The lowest BCUT2D eigenvalue weighted by Crippen LogP contribution is -2.33. The highest BCUT2D eigenvalue weighted by molar-refractivity contribution is 9.10. The number of nitrogens with one attached hydrogen (secondary N) is 1. The largest absolute Gasteiger partial charge is 0.480 e. The zero-order valence-electron chi connectivity index (χ0n) is 8.11. The molecule has 0 spiro atoms. The normalized spacial score (nSPS) is 24.6. The van der Waals surface area contributed by atoms with E-state index < -0.39 is 12.0 Å². The van der Waals surface area contributed by atoms with Crippen LogP contribution in [0.15, 0.2) is 22.7 Å². The molecule has 1 saturated heterocycles. The summed E-state index contributed by atoms with van der Waals surface area (Å²) in [5.74, 6) is -0.260. The topological polar surface area (TPSA) is 49.3 Å². The minimum atomic E-state index is -0.818. The van der Waals surface area contributed by atoms with Gasteiger partial charge in [0.1, 0.15) is 6.04 Å². The molecule has 2 N–H and O–H groups in total. The van der Waals surface area contributed by atoms with Gasteiger partial charge < -0.3 is 5.11 Å². The Morgan fingerprint density at radius 1 is 1.62 bits per heavy atom. The third-order valence-corrected chi connectivity index (χ3v) is 4.41. The summed E-state index contributed by atoms with van der Waals surface area (Å²) < 4.78 is 0.938. The Bertz CT molecular complexity index is 429. The van der Waals surface area contributed by atoms with Crippen LogP contribution in [0.5, 0.6) is 0 Å². The summed E-state index contributed by atoms with van der Waals surface area (Å²) in [5.41, 5.74) is 0.921. The van der Waals surface area contributed by atoms with Gasteiger partial charge >= 0.3 is 5.97 Å². The Morgan fingerprint density at radius 3 is 3.00 bits per heavy atom. The summed E-state index contributed by atoms with van der Waals surface area (Å²) >= 11 is 11.0. The second-order valence-electron chi connectivity index (χ2n) is 3.44. The molecule has 0 radical (unpaired) electrons. The highest BCUT2D eigenvalue weighted by Gasteiger charge is 2.31. The molecule has 2 atom stereocenters. The summed E-state index contributed by atoms with van der Waals surface area (Å²) in [6, 6.07) is 5.08. The second-order valence-corrected chi connectivity index (χ2v) is 5.90. The quantitative estimate of drug-likeness (QED) is 0.879. The van der Waals surface area contributed by atoms with Crippen LogP contribution in [0.1, 0.15) is 10.9 Å². The van der Waals surface area contributed by atoms with E-state index in [0.717, 1.165) is 10.0 Å². The van der Waals surface area contributed by atoms with Gasteiger partial charge in [-0.2, -0.15) is 0 Å². The summed E-state index contributed by atoms with van der Waals surface area (Å²) in [7, 11) is 0. The van der Waals surface area contributed by atoms with Gasteiger partial charge in [0, 0.05) is 15.2 Å². The summed E-state index contributed by atoms with van der Waals surface area (Å²) in [4.78, 5) is 10.8. The molecule has 16 heavy (non-hydrogen) atoms. The molecule has 1 aliphatic heterocycles. The van der Waals surface area contributed by atoms with Crippen LogP contribution in [0.3, 0.4) is 0 Å². The zero-order chi connectivity index (χ0) is 11.7. The second kappa shape index (κ2) is 4.96. The standard InChI is InChI=1S/C10H9BrClNO2S/c11-5-1-2-7(12)6(3-5)9-13-8(4-16-9)10(14)15/h1-3,8-9,13H,4H2,(H,14,15)/t8-,9?/m1/s1. The number of carboxylic acids is 1. The van der Waals surface area contributed by atoms with E-state index in [2.05, 4.69) is 21.2 Å². The van der Waals surface area contributed by atoms with Gasteiger partial charge in [0.25, 0.3) is 0 Å². The van der Waals surface area contributed by atoms with Crippen LogP contribution < -0.4 is 5.32 Å². The predicted molar refractivity (Wildman–Crippen MR) is 68.9 cm³/mol. The van der Waals surface area contributed by atoms with Crippen molar-refractivity contribution >= 4 is 45.3 Å². The van der Waals surface area contributed by atoms with Crippen molar-refractivity contribution in [2.45, 2.75) is 11.4 Å². The molecule has 1 aromatic carbocycles. The molecule has 0 bridgehead atoms. The van der Waals surface area contributed by atoms with Crippen molar-refractivity contribution in [1.82, 2.24) is 5.32 Å². The molecule has 0 saturated carbocycles. The number of halogens is 2. The lowest BCUT2D eigenvalue weighted by Gasteiger charge is -2.13. The molecular formula is C10H9BrClNO2S. The Labute approximate surface area is 111 Å². The van der Waals surface area contributed by atoms with Gasteiger partial charge in [-0.1, -0.05) is 27.5 Å². The molecular weight excluding hydrogens is 314 g/mol. The summed E-state index contributed by atoms with van der Waals surface area (Å²) in [6.07, 6.45) is 0. The van der Waals surface area contributed by atoms with Crippen LogP contribution in [-0.2, 0) is 4.79 Å². The number of aliphatic carboxylic acids is 1. The van der Waals surface area contributed by atoms with E-state index in [1.165, 1.54) is 0 Å². The van der Waals surface area contributed by atoms with Crippen LogP contribution in [0.4, 0.5) is 0 Å². The molecule has 3 nitrogen and oxygen atoms in total. The van der Waals surface area contributed by atoms with Crippen molar-refractivity contribution in [1.29, 1.82) is 0 Å². The Morgan fingerprint density at radius 2 is 2.38 bits per heavy atom. The van der Waals surface area contributed by atoms with E-state index in [1.54, 1.807) is 17.8 Å². The van der Waals surface area contributed by atoms with E-state index in [0.29, 0.717) is 10.8 Å². The first-order valence-corrected chi connectivity index (χ1v) is 6.85. The zero-order valence-corrected chi connectivity index (χ0v) is 11.3. The van der Waals surface area contributed by atoms with Gasteiger partial charge in [-0.25, -0.2) is 0 Å². The Kier molecular flexibility index (Phi) is 3.79. The Hall–Kier alpha value is -0.230. The number of carbonyl (C=O) groups is 1. The summed E-state index contributed by atoms with van der Waals surface area (Å²) in [5, 5.41) is 12.5. The van der Waals surface area contributed by atoms with Crippen molar-refractivity contribution in [3.63, 3.8) is 0 Å². The third-order valence-electron chi connectivity index (χ3n) is 2.32. The predicted octanol–water partition coefficient (Wildman–Crippen LogP) is 2.89. The molecule has 1 aliphatic rings. The molecule has 6 heteroatoms. The average molecular weight is 323 g/mol. The number of benzene rings is 1. The van der Waals surface area contributed by atoms with E-state index in [9.17, 15) is 4.79 Å². The highest BCUT2D eigenvalue weighted by atomic mass is 79.9. The van der Waals surface area contributed by atoms with Crippen LogP contribution >= 0.6 is 39.3 Å². The molecule has 1 unspecified atom stereocenters. The first-order valence-electron chi connectivity index (χ1n) is 4.63. The van der Waals surface area contributed by atoms with Crippen molar-refractivity contribution in [2.75, 3.05) is 5.75 Å². The lowest BCUT2D eigenvalue weighted by atomic mass is 10.2. The van der Waals surface area contributed by atoms with E-state index >= 15 is 0 Å². The fraction of sp³-hybridized carbons (Fsp3) is 0.300. The van der Waals surface area contributed by atoms with Gasteiger partial charge in [-0.05, 0) is 23.8 Å². The van der Waals surface area contributed by atoms with E-state index in [-0.39, 0.29) is 5.37 Å². The van der Waals surface area contributed by atoms with Crippen molar-refractivity contribution < 1.29 is 9.90 Å². The van der Waals surface area contributed by atoms with Gasteiger partial charge in [-0.15, -0.1) is 11.8 Å². The third kappa shape index (κ3) is 2.53. The van der Waals surface area contributed by atoms with Crippen molar-refractivity contribution in [3.05, 3.63) is 33.3 Å². The fourth-order valence-electron chi connectivity index (χ4n) is 1.51. The molecule has 1 aromatic rings. The number of hydrogen-bond donors (Lipinski definition) is 2. The first-order chi connectivity index (χ1) is 7.58. The lowest BCUT2D eigenvalue weighted by molar-refractivity contribution is -0.138. The highest BCUT2D eigenvalue weighted by Crippen LogP contribution is 2.37. The van der Waals surface area contributed by atoms with Crippen LogP contribution in [0.2, 0.25) is 5.02 Å². The van der Waals surface area contributed by atoms with Gasteiger partial charge in [0.15, 0.2) is 0 Å². The molecule has 1 fully saturated rings. The monoisotopic (exact) mass is 321 g/mol.